The third-order valence-electron chi connectivity index (χ3n) is 3.09. The zero-order valence-corrected chi connectivity index (χ0v) is 12.2. The number of guanidine groups is 1. The predicted molar refractivity (Wildman–Crippen MR) is 79.3 cm³/mol. The second-order valence-electron chi connectivity index (χ2n) is 4.49. The molecule has 0 radical (unpaired) electrons. The second kappa shape index (κ2) is 7.37. The van der Waals surface area contributed by atoms with Crippen LogP contribution in [0, 0.1) is 5.82 Å². The maximum Gasteiger partial charge on any atom is 0.191 e. The number of rotatable bonds is 5. The summed E-state index contributed by atoms with van der Waals surface area (Å²) in [6, 6.07) is 6.77. The molecule has 1 aromatic heterocycles. The van der Waals surface area contributed by atoms with E-state index >= 15 is 0 Å². The summed E-state index contributed by atoms with van der Waals surface area (Å²) in [4.78, 5) is 8.23. The first-order valence-corrected chi connectivity index (χ1v) is 6.71. The van der Waals surface area contributed by atoms with Crippen LogP contribution in [0.25, 0.3) is 0 Å². The highest BCUT2D eigenvalue weighted by atomic mass is 19.1. The zero-order chi connectivity index (χ0) is 15.1. The first-order chi connectivity index (χ1) is 10.2. The fraction of sp³-hybridized carbons (Fsp3) is 0.357. The topological polar surface area (TPSA) is 67.1 Å². The Morgan fingerprint density at radius 2 is 2.14 bits per heavy atom. The normalized spacial score (nSPS) is 11.5. The van der Waals surface area contributed by atoms with Gasteiger partial charge in [0, 0.05) is 20.6 Å². The average molecular weight is 290 g/mol. The first-order valence-electron chi connectivity index (χ1n) is 6.71. The number of hydrogen-bond donors (Lipinski definition) is 2. The van der Waals surface area contributed by atoms with Crippen LogP contribution in [-0.4, -0.2) is 34.3 Å². The molecule has 0 saturated carbocycles. The van der Waals surface area contributed by atoms with Gasteiger partial charge < -0.3 is 10.6 Å². The van der Waals surface area contributed by atoms with E-state index in [4.69, 9.17) is 0 Å². The summed E-state index contributed by atoms with van der Waals surface area (Å²) in [6.45, 7) is 1.12. The number of nitrogens with one attached hydrogen (secondary N) is 2. The zero-order valence-electron chi connectivity index (χ0n) is 12.2. The van der Waals surface area contributed by atoms with Gasteiger partial charge >= 0.3 is 0 Å². The fourth-order valence-corrected chi connectivity index (χ4v) is 1.88. The minimum Gasteiger partial charge on any atom is -0.356 e. The number of aliphatic imine (C=N–C) groups is 1. The number of aromatic nitrogens is 3. The van der Waals surface area contributed by atoms with E-state index in [1.54, 1.807) is 23.9 Å². The van der Waals surface area contributed by atoms with Crippen molar-refractivity contribution in [1.29, 1.82) is 0 Å². The van der Waals surface area contributed by atoms with Crippen LogP contribution >= 0.6 is 0 Å². The Hall–Kier alpha value is -2.44. The van der Waals surface area contributed by atoms with E-state index in [1.165, 1.54) is 12.4 Å². The summed E-state index contributed by atoms with van der Waals surface area (Å²) in [5.74, 6) is 1.28. The van der Waals surface area contributed by atoms with Crippen molar-refractivity contribution in [2.24, 2.45) is 12.0 Å². The van der Waals surface area contributed by atoms with Crippen molar-refractivity contribution in [1.82, 2.24) is 25.4 Å². The van der Waals surface area contributed by atoms with Gasteiger partial charge in [0.2, 0.25) is 0 Å². The van der Waals surface area contributed by atoms with Gasteiger partial charge in [0.1, 0.15) is 18.0 Å². The van der Waals surface area contributed by atoms with Crippen molar-refractivity contribution in [3.8, 4) is 0 Å². The maximum atomic E-state index is 13.5. The van der Waals surface area contributed by atoms with Crippen LogP contribution in [0.1, 0.15) is 11.4 Å². The number of benzene rings is 1. The molecule has 1 heterocycles. The lowest BCUT2D eigenvalue weighted by Gasteiger charge is -2.11. The lowest BCUT2D eigenvalue weighted by atomic mass is 10.1. The lowest BCUT2D eigenvalue weighted by Crippen LogP contribution is -2.38. The van der Waals surface area contributed by atoms with Crippen molar-refractivity contribution in [3.63, 3.8) is 0 Å². The summed E-state index contributed by atoms with van der Waals surface area (Å²) in [7, 11) is 3.52. The van der Waals surface area contributed by atoms with Crippen molar-refractivity contribution in [3.05, 3.63) is 47.8 Å². The van der Waals surface area contributed by atoms with Gasteiger partial charge in [-0.1, -0.05) is 18.2 Å². The molecule has 0 atom stereocenters. The molecule has 2 aromatic rings. The molecule has 21 heavy (non-hydrogen) atoms. The van der Waals surface area contributed by atoms with Crippen molar-refractivity contribution >= 4 is 5.96 Å². The van der Waals surface area contributed by atoms with E-state index in [0.29, 0.717) is 31.0 Å². The standard InChI is InChI=1S/C14H19FN6/c1-16-14(18-9-13-19-10-20-21(13)2)17-8-7-11-5-3-4-6-12(11)15/h3-6,10H,7-9H2,1-2H3,(H2,16,17,18). The van der Waals surface area contributed by atoms with Crippen molar-refractivity contribution < 1.29 is 4.39 Å². The highest BCUT2D eigenvalue weighted by Crippen LogP contribution is 2.06. The SMILES string of the molecule is CN=C(NCCc1ccccc1F)NCc1ncnn1C. The van der Waals surface area contributed by atoms with Crippen LogP contribution in [0.2, 0.25) is 0 Å². The molecule has 0 fully saturated rings. The molecule has 0 unspecified atom stereocenters. The van der Waals surface area contributed by atoms with E-state index in [2.05, 4.69) is 25.7 Å². The molecule has 0 aliphatic carbocycles. The number of aryl methyl sites for hydroxylation is 1. The van der Waals surface area contributed by atoms with Crippen LogP contribution in [0.15, 0.2) is 35.6 Å². The molecular formula is C14H19FN6. The van der Waals surface area contributed by atoms with Crippen LogP contribution in [0.4, 0.5) is 4.39 Å². The van der Waals surface area contributed by atoms with Crippen LogP contribution in [0.3, 0.4) is 0 Å². The van der Waals surface area contributed by atoms with Gasteiger partial charge in [-0.3, -0.25) is 9.67 Å². The molecule has 0 aliphatic rings. The molecule has 7 heteroatoms. The van der Waals surface area contributed by atoms with E-state index in [9.17, 15) is 4.39 Å². The highest BCUT2D eigenvalue weighted by molar-refractivity contribution is 5.79. The summed E-state index contributed by atoms with van der Waals surface area (Å²) >= 11 is 0. The van der Waals surface area contributed by atoms with Crippen LogP contribution < -0.4 is 10.6 Å². The van der Waals surface area contributed by atoms with E-state index in [-0.39, 0.29) is 5.82 Å². The Morgan fingerprint density at radius 3 is 2.81 bits per heavy atom. The molecule has 112 valence electrons. The lowest BCUT2D eigenvalue weighted by molar-refractivity contribution is 0.606. The fourth-order valence-electron chi connectivity index (χ4n) is 1.88. The minimum atomic E-state index is -0.179. The summed E-state index contributed by atoms with van der Waals surface area (Å²) < 4.78 is 15.2. The van der Waals surface area contributed by atoms with Gasteiger partial charge in [0.05, 0.1) is 6.54 Å². The summed E-state index contributed by atoms with van der Waals surface area (Å²) in [5.41, 5.74) is 0.689. The molecule has 0 saturated heterocycles. The first kappa shape index (κ1) is 15.0. The van der Waals surface area contributed by atoms with E-state index in [0.717, 1.165) is 5.82 Å². The highest BCUT2D eigenvalue weighted by Gasteiger charge is 2.04. The maximum absolute atomic E-state index is 13.5. The smallest absolute Gasteiger partial charge is 0.191 e. The largest absolute Gasteiger partial charge is 0.356 e. The molecular weight excluding hydrogens is 271 g/mol. The minimum absolute atomic E-state index is 0.179. The molecule has 2 N–H and O–H groups in total. The summed E-state index contributed by atoms with van der Waals surface area (Å²) in [6.07, 6.45) is 2.10. The second-order valence-corrected chi connectivity index (χ2v) is 4.49. The third-order valence-corrected chi connectivity index (χ3v) is 3.09. The molecule has 2 rings (SSSR count). The molecule has 0 amide bonds. The molecule has 0 spiro atoms. The van der Waals surface area contributed by atoms with Crippen LogP contribution in [0.5, 0.6) is 0 Å². The van der Waals surface area contributed by atoms with Gasteiger partial charge in [-0.2, -0.15) is 5.10 Å². The Morgan fingerprint density at radius 1 is 1.33 bits per heavy atom. The Labute approximate surface area is 123 Å². The Balaban J connectivity index is 1.78. The number of nitrogens with zero attached hydrogens (tertiary/aromatic N) is 4. The monoisotopic (exact) mass is 290 g/mol. The summed E-state index contributed by atoms with van der Waals surface area (Å²) in [5, 5.41) is 10.3. The van der Waals surface area contributed by atoms with Gasteiger partial charge in [0.25, 0.3) is 0 Å². The molecule has 0 bridgehead atoms. The third kappa shape index (κ3) is 4.27. The Kier molecular flexibility index (Phi) is 5.25. The average Bonchev–Trinajstić information content (AvgIpc) is 2.90. The number of hydrogen-bond acceptors (Lipinski definition) is 3. The van der Waals surface area contributed by atoms with Crippen molar-refractivity contribution in [2.45, 2.75) is 13.0 Å². The molecule has 0 aliphatic heterocycles. The van der Waals surface area contributed by atoms with Gasteiger partial charge in [-0.25, -0.2) is 9.37 Å². The van der Waals surface area contributed by atoms with Gasteiger partial charge in [0.15, 0.2) is 5.96 Å². The number of halogens is 1. The predicted octanol–water partition coefficient (Wildman–Crippen LogP) is 0.862. The van der Waals surface area contributed by atoms with E-state index < -0.39 is 0 Å². The van der Waals surface area contributed by atoms with Crippen LogP contribution in [-0.2, 0) is 20.0 Å². The van der Waals surface area contributed by atoms with Crippen molar-refractivity contribution in [2.75, 3.05) is 13.6 Å². The quantitative estimate of drug-likeness (QED) is 0.633. The Bertz CT molecular complexity index is 607. The molecule has 6 nitrogen and oxygen atoms in total. The molecule has 1 aromatic carbocycles. The van der Waals surface area contributed by atoms with Gasteiger partial charge in [-0.05, 0) is 18.1 Å². The van der Waals surface area contributed by atoms with Gasteiger partial charge in [-0.15, -0.1) is 0 Å². The van der Waals surface area contributed by atoms with E-state index in [1.807, 2.05) is 13.1 Å².